The van der Waals surface area contributed by atoms with Crippen LogP contribution in [0.25, 0.3) is 0 Å². The van der Waals surface area contributed by atoms with Crippen LogP contribution >= 0.6 is 15.9 Å². The van der Waals surface area contributed by atoms with Crippen LogP contribution in [0.15, 0.2) is 28.7 Å². The third-order valence-electron chi connectivity index (χ3n) is 1.48. The molecule has 0 saturated heterocycles. The van der Waals surface area contributed by atoms with Crippen LogP contribution in [0.4, 0.5) is 8.78 Å². The largest absolute Gasteiger partial charge is 0.335 e. The van der Waals surface area contributed by atoms with Gasteiger partial charge in [-0.05, 0) is 17.7 Å². The van der Waals surface area contributed by atoms with Crippen molar-refractivity contribution < 1.29 is 8.78 Å². The van der Waals surface area contributed by atoms with Gasteiger partial charge in [-0.1, -0.05) is 28.1 Å². The number of rotatable bonds is 2. The zero-order valence-electron chi connectivity index (χ0n) is 6.60. The summed E-state index contributed by atoms with van der Waals surface area (Å²) in [6, 6.07) is 7.50. The molecule has 0 spiro atoms. The van der Waals surface area contributed by atoms with Gasteiger partial charge in [0.2, 0.25) is 0 Å². The Morgan fingerprint density at radius 3 is 2.69 bits per heavy atom. The summed E-state index contributed by atoms with van der Waals surface area (Å²) in [5, 5.41) is 8.11. The molecule has 4 heteroatoms. The Kier molecular flexibility index (Phi) is 2.99. The molecule has 0 saturated carbocycles. The van der Waals surface area contributed by atoms with Crippen molar-refractivity contribution in [3.63, 3.8) is 0 Å². The number of benzene rings is 1. The van der Waals surface area contributed by atoms with Gasteiger partial charge in [-0.25, -0.2) is 0 Å². The standard InChI is InChI=1S/C9H6BrF2N/c10-8-3-1-2-7(4-8)5-9(11,12)6-13/h1-4H,5H2. The lowest BCUT2D eigenvalue weighted by Gasteiger charge is -2.06. The minimum Gasteiger partial charge on any atom is -0.192 e. The smallest absolute Gasteiger partial charge is 0.192 e. The predicted molar refractivity (Wildman–Crippen MR) is 48.4 cm³/mol. The average Bonchev–Trinajstić information content (AvgIpc) is 2.03. The van der Waals surface area contributed by atoms with Crippen LogP contribution < -0.4 is 0 Å². The van der Waals surface area contributed by atoms with Crippen LogP contribution in [-0.2, 0) is 6.42 Å². The highest BCUT2D eigenvalue weighted by Crippen LogP contribution is 2.21. The summed E-state index contributed by atoms with van der Waals surface area (Å²) in [7, 11) is 0. The van der Waals surface area contributed by atoms with Gasteiger partial charge in [0.15, 0.2) is 0 Å². The normalized spacial score (nSPS) is 10.9. The van der Waals surface area contributed by atoms with Crippen molar-refractivity contribution in [1.29, 1.82) is 5.26 Å². The lowest BCUT2D eigenvalue weighted by Crippen LogP contribution is -2.16. The highest BCUT2D eigenvalue weighted by atomic mass is 79.9. The Bertz CT molecular complexity index is 344. The highest BCUT2D eigenvalue weighted by Gasteiger charge is 2.28. The summed E-state index contributed by atoms with van der Waals surface area (Å²) in [5.41, 5.74) is 0.445. The molecule has 1 aromatic rings. The lowest BCUT2D eigenvalue weighted by atomic mass is 10.1. The molecule has 1 rings (SSSR count). The Morgan fingerprint density at radius 2 is 2.15 bits per heavy atom. The van der Waals surface area contributed by atoms with Crippen LogP contribution in [0.5, 0.6) is 0 Å². The van der Waals surface area contributed by atoms with Gasteiger partial charge in [0.1, 0.15) is 6.07 Å². The van der Waals surface area contributed by atoms with Gasteiger partial charge in [0.05, 0.1) is 6.42 Å². The molecule has 0 heterocycles. The van der Waals surface area contributed by atoms with E-state index in [1.807, 2.05) is 0 Å². The molecule has 0 fully saturated rings. The molecule has 13 heavy (non-hydrogen) atoms. The fourth-order valence-corrected chi connectivity index (χ4v) is 1.39. The molecule has 0 radical (unpaired) electrons. The molecule has 68 valence electrons. The second-order valence-corrected chi connectivity index (χ2v) is 3.54. The van der Waals surface area contributed by atoms with Crippen molar-refractivity contribution in [2.24, 2.45) is 0 Å². The number of nitrogens with zero attached hydrogens (tertiary/aromatic N) is 1. The quantitative estimate of drug-likeness (QED) is 0.786. The topological polar surface area (TPSA) is 23.8 Å². The monoisotopic (exact) mass is 245 g/mol. The van der Waals surface area contributed by atoms with Gasteiger partial charge >= 0.3 is 5.92 Å². The van der Waals surface area contributed by atoms with Gasteiger partial charge in [-0.3, -0.25) is 0 Å². The molecule has 0 N–H and O–H groups in total. The minimum absolute atomic E-state index is 0.445. The summed E-state index contributed by atoms with van der Waals surface area (Å²) in [4.78, 5) is 0. The van der Waals surface area contributed by atoms with Gasteiger partial charge in [0.25, 0.3) is 0 Å². The summed E-state index contributed by atoms with van der Waals surface area (Å²) in [6.07, 6.45) is -0.539. The first-order chi connectivity index (χ1) is 6.03. The van der Waals surface area contributed by atoms with Gasteiger partial charge in [-0.2, -0.15) is 14.0 Å². The van der Waals surface area contributed by atoms with E-state index in [1.165, 1.54) is 0 Å². The second-order valence-electron chi connectivity index (χ2n) is 2.62. The van der Waals surface area contributed by atoms with E-state index >= 15 is 0 Å². The lowest BCUT2D eigenvalue weighted by molar-refractivity contribution is 0.0645. The van der Waals surface area contributed by atoms with E-state index in [9.17, 15) is 8.78 Å². The third kappa shape index (κ3) is 3.11. The third-order valence-corrected chi connectivity index (χ3v) is 1.97. The fraction of sp³-hybridized carbons (Fsp3) is 0.222. The SMILES string of the molecule is N#CC(F)(F)Cc1cccc(Br)c1. The van der Waals surface area contributed by atoms with Crippen molar-refractivity contribution in [3.05, 3.63) is 34.3 Å². The molecular formula is C9H6BrF2N. The van der Waals surface area contributed by atoms with Crippen LogP contribution in [-0.4, -0.2) is 5.92 Å². The van der Waals surface area contributed by atoms with Crippen LogP contribution in [0.3, 0.4) is 0 Å². The zero-order chi connectivity index (χ0) is 9.90. The number of hydrogen-bond donors (Lipinski definition) is 0. The molecule has 1 aromatic carbocycles. The van der Waals surface area contributed by atoms with Gasteiger partial charge in [-0.15, -0.1) is 0 Å². The molecule has 0 bridgehead atoms. The molecule has 1 nitrogen and oxygen atoms in total. The first-order valence-electron chi connectivity index (χ1n) is 3.57. The van der Waals surface area contributed by atoms with E-state index in [-0.39, 0.29) is 0 Å². The number of hydrogen-bond acceptors (Lipinski definition) is 1. The van der Waals surface area contributed by atoms with Gasteiger partial charge < -0.3 is 0 Å². The average molecular weight is 246 g/mol. The first kappa shape index (κ1) is 10.1. The molecule has 0 aliphatic carbocycles. The van der Waals surface area contributed by atoms with Crippen molar-refractivity contribution in [2.75, 3.05) is 0 Å². The number of halogens is 3. The van der Waals surface area contributed by atoms with Crippen LogP contribution in [0.1, 0.15) is 5.56 Å². The van der Waals surface area contributed by atoms with Crippen molar-refractivity contribution in [3.8, 4) is 6.07 Å². The van der Waals surface area contributed by atoms with E-state index in [0.29, 0.717) is 5.56 Å². The van der Waals surface area contributed by atoms with E-state index in [0.717, 1.165) is 10.5 Å². The second kappa shape index (κ2) is 3.84. The van der Waals surface area contributed by atoms with E-state index in [2.05, 4.69) is 15.9 Å². The Hall–Kier alpha value is -0.950. The number of nitriles is 1. The maximum atomic E-state index is 12.6. The van der Waals surface area contributed by atoms with Gasteiger partial charge in [0, 0.05) is 4.47 Å². The van der Waals surface area contributed by atoms with Crippen molar-refractivity contribution >= 4 is 15.9 Å². The van der Waals surface area contributed by atoms with Crippen LogP contribution in [0.2, 0.25) is 0 Å². The van der Waals surface area contributed by atoms with E-state index in [1.54, 1.807) is 24.3 Å². The van der Waals surface area contributed by atoms with E-state index < -0.39 is 12.3 Å². The molecule has 0 aromatic heterocycles. The maximum Gasteiger partial charge on any atom is 0.335 e. The highest BCUT2D eigenvalue weighted by molar-refractivity contribution is 9.10. The van der Waals surface area contributed by atoms with Crippen molar-refractivity contribution in [1.82, 2.24) is 0 Å². The maximum absolute atomic E-state index is 12.6. The summed E-state index contributed by atoms with van der Waals surface area (Å²) in [5.74, 6) is -3.28. The summed E-state index contributed by atoms with van der Waals surface area (Å²) in [6.45, 7) is 0. The molecular weight excluding hydrogens is 240 g/mol. The summed E-state index contributed by atoms with van der Waals surface area (Å²) >= 11 is 3.16. The Balaban J connectivity index is 2.82. The molecule has 0 aliphatic rings. The Morgan fingerprint density at radius 1 is 1.46 bits per heavy atom. The molecule has 0 amide bonds. The Labute approximate surface area is 83.1 Å². The first-order valence-corrected chi connectivity index (χ1v) is 4.36. The zero-order valence-corrected chi connectivity index (χ0v) is 8.18. The van der Waals surface area contributed by atoms with E-state index in [4.69, 9.17) is 5.26 Å². The fourth-order valence-electron chi connectivity index (χ4n) is 0.943. The number of alkyl halides is 2. The predicted octanol–water partition coefficient (Wildman–Crippen LogP) is 3.15. The van der Waals surface area contributed by atoms with Crippen molar-refractivity contribution in [2.45, 2.75) is 12.3 Å². The minimum atomic E-state index is -3.28. The molecule has 0 atom stereocenters. The van der Waals surface area contributed by atoms with Crippen LogP contribution in [0, 0.1) is 11.3 Å². The summed E-state index contributed by atoms with van der Waals surface area (Å²) < 4.78 is 25.9. The molecule has 0 unspecified atom stereocenters. The molecule has 0 aliphatic heterocycles.